The quantitative estimate of drug-likeness (QED) is 0.824. The Morgan fingerprint density at radius 2 is 2.00 bits per heavy atom. The fraction of sp³-hybridized carbons (Fsp3) is 0.375. The van der Waals surface area contributed by atoms with Crippen LogP contribution < -0.4 is 4.90 Å². The van der Waals surface area contributed by atoms with Crippen LogP contribution in [0.15, 0.2) is 35.8 Å². The number of anilines is 1. The van der Waals surface area contributed by atoms with E-state index in [1.165, 1.54) is 11.3 Å². The summed E-state index contributed by atoms with van der Waals surface area (Å²) in [5.41, 5.74) is 1.39. The fourth-order valence-electron chi connectivity index (χ4n) is 2.69. The van der Waals surface area contributed by atoms with Gasteiger partial charge in [0.15, 0.2) is 9.84 Å². The predicted octanol–water partition coefficient (Wildman–Crippen LogP) is 1.65. The van der Waals surface area contributed by atoms with E-state index in [1.807, 2.05) is 28.5 Å². The van der Waals surface area contributed by atoms with E-state index in [2.05, 4.69) is 4.98 Å². The van der Waals surface area contributed by atoms with Crippen LogP contribution in [0.5, 0.6) is 0 Å². The summed E-state index contributed by atoms with van der Waals surface area (Å²) in [4.78, 5) is 20.6. The molecule has 0 bridgehead atoms. The Hall–Kier alpha value is -1.93. The van der Waals surface area contributed by atoms with Gasteiger partial charge in [0.1, 0.15) is 5.01 Å². The molecule has 8 heteroatoms. The molecule has 0 N–H and O–H groups in total. The molecule has 2 heterocycles. The van der Waals surface area contributed by atoms with E-state index in [9.17, 15) is 13.2 Å². The van der Waals surface area contributed by atoms with Crippen molar-refractivity contribution in [2.75, 3.05) is 36.5 Å². The second kappa shape index (κ2) is 6.90. The van der Waals surface area contributed by atoms with Crippen LogP contribution in [0.25, 0.3) is 0 Å². The number of rotatable bonds is 4. The lowest BCUT2D eigenvalue weighted by Crippen LogP contribution is -2.41. The smallest absolute Gasteiger partial charge is 0.256 e. The molecule has 6 nitrogen and oxygen atoms in total. The summed E-state index contributed by atoms with van der Waals surface area (Å²) in [6.07, 6.45) is 1.72. The predicted molar refractivity (Wildman–Crippen MR) is 95.2 cm³/mol. The number of sulfone groups is 1. The van der Waals surface area contributed by atoms with Gasteiger partial charge in [0.2, 0.25) is 0 Å². The van der Waals surface area contributed by atoms with Gasteiger partial charge < -0.3 is 9.80 Å². The molecule has 1 aliphatic heterocycles. The summed E-state index contributed by atoms with van der Waals surface area (Å²) in [5, 5.41) is 2.77. The minimum Gasteiger partial charge on any atom is -0.369 e. The Morgan fingerprint density at radius 3 is 2.67 bits per heavy atom. The number of para-hydroxylation sites is 1. The molecule has 1 aromatic heterocycles. The topological polar surface area (TPSA) is 70.6 Å². The molecule has 0 saturated carbocycles. The highest BCUT2D eigenvalue weighted by atomic mass is 32.2. The molecule has 128 valence electrons. The molecular formula is C16H19N3O3S2. The van der Waals surface area contributed by atoms with Crippen LogP contribution in [0.2, 0.25) is 0 Å². The van der Waals surface area contributed by atoms with Crippen molar-refractivity contribution in [3.8, 4) is 0 Å². The van der Waals surface area contributed by atoms with Gasteiger partial charge in [0.25, 0.3) is 5.91 Å². The molecule has 0 unspecified atom stereocenters. The lowest BCUT2D eigenvalue weighted by molar-refractivity contribution is 0.0785. The van der Waals surface area contributed by atoms with Gasteiger partial charge in [-0.05, 0) is 12.1 Å². The molecule has 3 rings (SSSR count). The van der Waals surface area contributed by atoms with E-state index in [-0.39, 0.29) is 17.4 Å². The molecule has 2 aromatic rings. The van der Waals surface area contributed by atoms with Crippen LogP contribution in [0.1, 0.15) is 15.4 Å². The van der Waals surface area contributed by atoms with Crippen LogP contribution in [0.3, 0.4) is 0 Å². The number of aromatic nitrogens is 1. The average Bonchev–Trinajstić information content (AvgIpc) is 3.07. The van der Waals surface area contributed by atoms with E-state index < -0.39 is 9.84 Å². The summed E-state index contributed by atoms with van der Waals surface area (Å²) >= 11 is 1.51. The standard InChI is InChI=1S/C16H19N3O3S2/c1-18(12-15-17-6-9-23-15)16(20)13-4-2-3-5-14(13)19-7-10-24(21,22)11-8-19/h2-6,9H,7-8,10-12H2,1H3. The second-order valence-corrected chi connectivity index (χ2v) is 9.03. The number of benzene rings is 1. The first kappa shape index (κ1) is 16.9. The maximum atomic E-state index is 12.8. The molecule has 0 atom stereocenters. The maximum Gasteiger partial charge on any atom is 0.256 e. The largest absolute Gasteiger partial charge is 0.369 e. The van der Waals surface area contributed by atoms with Gasteiger partial charge in [-0.3, -0.25) is 4.79 Å². The highest BCUT2D eigenvalue weighted by molar-refractivity contribution is 7.91. The SMILES string of the molecule is CN(Cc1nccs1)C(=O)c1ccccc1N1CCS(=O)(=O)CC1. The van der Waals surface area contributed by atoms with Crippen molar-refractivity contribution < 1.29 is 13.2 Å². The third kappa shape index (κ3) is 3.76. The number of amides is 1. The van der Waals surface area contributed by atoms with Crippen LogP contribution >= 0.6 is 11.3 Å². The Kier molecular flexibility index (Phi) is 4.86. The molecule has 0 radical (unpaired) electrons. The van der Waals surface area contributed by atoms with Gasteiger partial charge in [-0.1, -0.05) is 12.1 Å². The zero-order chi connectivity index (χ0) is 17.2. The van der Waals surface area contributed by atoms with Gasteiger partial charge in [0.05, 0.1) is 23.6 Å². The molecule has 1 aromatic carbocycles. The number of carbonyl (C=O) groups excluding carboxylic acids is 1. The van der Waals surface area contributed by atoms with Crippen molar-refractivity contribution in [1.29, 1.82) is 0 Å². The molecule has 1 amide bonds. The lowest BCUT2D eigenvalue weighted by Gasteiger charge is -2.31. The first-order chi connectivity index (χ1) is 11.5. The van der Waals surface area contributed by atoms with Crippen LogP contribution in [0.4, 0.5) is 5.69 Å². The van der Waals surface area contributed by atoms with Crippen molar-refractivity contribution in [2.45, 2.75) is 6.54 Å². The van der Waals surface area contributed by atoms with Crippen molar-refractivity contribution in [3.63, 3.8) is 0 Å². The summed E-state index contributed by atoms with van der Waals surface area (Å²) in [5.74, 6) is 0.170. The zero-order valence-electron chi connectivity index (χ0n) is 13.4. The van der Waals surface area contributed by atoms with Crippen molar-refractivity contribution in [2.24, 2.45) is 0 Å². The van der Waals surface area contributed by atoms with E-state index in [0.717, 1.165) is 10.7 Å². The van der Waals surface area contributed by atoms with Crippen LogP contribution in [-0.2, 0) is 16.4 Å². The summed E-state index contributed by atoms with van der Waals surface area (Å²) in [7, 11) is -1.20. The second-order valence-electron chi connectivity index (χ2n) is 5.74. The monoisotopic (exact) mass is 365 g/mol. The minimum absolute atomic E-state index is 0.0887. The number of thiazole rings is 1. The molecule has 1 saturated heterocycles. The normalized spacial score (nSPS) is 16.8. The highest BCUT2D eigenvalue weighted by Crippen LogP contribution is 2.24. The number of carbonyl (C=O) groups is 1. The minimum atomic E-state index is -2.95. The molecule has 1 aliphatic rings. The van der Waals surface area contributed by atoms with Crippen molar-refractivity contribution in [1.82, 2.24) is 9.88 Å². The van der Waals surface area contributed by atoms with Gasteiger partial charge in [-0.15, -0.1) is 11.3 Å². The van der Waals surface area contributed by atoms with E-state index in [1.54, 1.807) is 24.2 Å². The highest BCUT2D eigenvalue weighted by Gasteiger charge is 2.25. The van der Waals surface area contributed by atoms with Gasteiger partial charge >= 0.3 is 0 Å². The summed E-state index contributed by atoms with van der Waals surface area (Å²) < 4.78 is 23.2. The molecular weight excluding hydrogens is 346 g/mol. The average molecular weight is 365 g/mol. The first-order valence-electron chi connectivity index (χ1n) is 7.64. The summed E-state index contributed by atoms with van der Waals surface area (Å²) in [6.45, 7) is 1.30. The third-order valence-corrected chi connectivity index (χ3v) is 6.40. The van der Waals surface area contributed by atoms with E-state index >= 15 is 0 Å². The molecule has 0 aliphatic carbocycles. The lowest BCUT2D eigenvalue weighted by atomic mass is 10.1. The van der Waals surface area contributed by atoms with Crippen molar-refractivity contribution in [3.05, 3.63) is 46.4 Å². The Balaban J connectivity index is 1.79. The van der Waals surface area contributed by atoms with Gasteiger partial charge in [0, 0.05) is 37.4 Å². The van der Waals surface area contributed by atoms with Crippen LogP contribution in [0, 0.1) is 0 Å². The summed E-state index contributed by atoms with van der Waals surface area (Å²) in [6, 6.07) is 7.37. The van der Waals surface area contributed by atoms with Crippen LogP contribution in [-0.4, -0.2) is 55.9 Å². The number of hydrogen-bond acceptors (Lipinski definition) is 6. The fourth-order valence-corrected chi connectivity index (χ4v) is 4.56. The van der Waals surface area contributed by atoms with Gasteiger partial charge in [-0.2, -0.15) is 0 Å². The van der Waals surface area contributed by atoms with Crippen molar-refractivity contribution >= 4 is 32.8 Å². The third-order valence-electron chi connectivity index (χ3n) is 4.02. The van der Waals surface area contributed by atoms with E-state index in [0.29, 0.717) is 25.2 Å². The van der Waals surface area contributed by atoms with Gasteiger partial charge in [-0.25, -0.2) is 13.4 Å². The molecule has 24 heavy (non-hydrogen) atoms. The zero-order valence-corrected chi connectivity index (χ0v) is 15.0. The molecule has 1 fully saturated rings. The number of hydrogen-bond donors (Lipinski definition) is 0. The number of nitrogens with zero attached hydrogens (tertiary/aromatic N) is 3. The van der Waals surface area contributed by atoms with E-state index in [4.69, 9.17) is 0 Å². The maximum absolute atomic E-state index is 12.8. The first-order valence-corrected chi connectivity index (χ1v) is 10.3. The Labute approximate surface area is 145 Å². The molecule has 0 spiro atoms. The Bertz CT molecular complexity index is 805. The Morgan fingerprint density at radius 1 is 1.29 bits per heavy atom.